The van der Waals surface area contributed by atoms with E-state index in [1.165, 1.54) is 15.8 Å². The summed E-state index contributed by atoms with van der Waals surface area (Å²) in [6.07, 6.45) is 0.997. The molecule has 0 saturated heterocycles. The maximum atomic E-state index is 12.8. The summed E-state index contributed by atoms with van der Waals surface area (Å²) in [5.74, 6) is -0.166. The number of ether oxygens (including phenoxy) is 1. The van der Waals surface area contributed by atoms with E-state index in [0.29, 0.717) is 17.8 Å². The first kappa shape index (κ1) is 24.0. The van der Waals surface area contributed by atoms with Gasteiger partial charge in [-0.15, -0.1) is 0 Å². The van der Waals surface area contributed by atoms with Crippen molar-refractivity contribution >= 4 is 11.9 Å². The Morgan fingerprint density at radius 1 is 1.06 bits per heavy atom. The highest BCUT2D eigenvalue weighted by Gasteiger charge is 2.20. The van der Waals surface area contributed by atoms with Crippen LogP contribution in [0, 0.1) is 13.8 Å². The van der Waals surface area contributed by atoms with E-state index in [9.17, 15) is 14.4 Å². The van der Waals surface area contributed by atoms with Crippen LogP contribution < -0.4 is 5.69 Å². The monoisotopic (exact) mass is 450 g/mol. The summed E-state index contributed by atoms with van der Waals surface area (Å²) in [5, 5.41) is 4.11. The molecule has 174 valence electrons. The summed E-state index contributed by atoms with van der Waals surface area (Å²) in [6.45, 7) is 9.54. The van der Waals surface area contributed by atoms with E-state index in [1.807, 2.05) is 58.9 Å². The third-order valence-corrected chi connectivity index (χ3v) is 5.05. The molecular weight excluding hydrogens is 420 g/mol. The molecule has 0 saturated carbocycles. The summed E-state index contributed by atoms with van der Waals surface area (Å²) in [6, 6.07) is 12.8. The molecule has 0 unspecified atom stereocenters. The second-order valence-corrected chi connectivity index (χ2v) is 9.19. The van der Waals surface area contributed by atoms with E-state index in [2.05, 4.69) is 5.10 Å². The lowest BCUT2D eigenvalue weighted by atomic mass is 10.0. The van der Waals surface area contributed by atoms with Gasteiger partial charge < -0.3 is 9.64 Å². The Labute approximate surface area is 193 Å². The maximum Gasteiger partial charge on any atom is 0.410 e. The van der Waals surface area contributed by atoms with Crippen LogP contribution in [0.4, 0.5) is 4.79 Å². The molecule has 3 rings (SSSR count). The molecule has 1 aromatic heterocycles. The molecule has 1 amide bonds. The third-order valence-electron chi connectivity index (χ3n) is 5.05. The third kappa shape index (κ3) is 5.97. The Morgan fingerprint density at radius 2 is 1.73 bits per heavy atom. The molecule has 0 aliphatic carbocycles. The molecule has 3 aromatic rings. The van der Waals surface area contributed by atoms with Crippen molar-refractivity contribution in [2.45, 2.75) is 53.3 Å². The first-order valence-corrected chi connectivity index (χ1v) is 10.7. The summed E-state index contributed by atoms with van der Waals surface area (Å²) in [4.78, 5) is 39.1. The number of aromatic nitrogens is 3. The number of hydrogen-bond acceptors (Lipinski definition) is 5. The zero-order chi connectivity index (χ0) is 24.3. The van der Waals surface area contributed by atoms with E-state index >= 15 is 0 Å². The number of rotatable bonds is 6. The number of carbonyl (C=O) groups is 2. The molecule has 33 heavy (non-hydrogen) atoms. The Morgan fingerprint density at radius 3 is 2.33 bits per heavy atom. The van der Waals surface area contributed by atoms with Gasteiger partial charge in [-0.3, -0.25) is 4.79 Å². The van der Waals surface area contributed by atoms with Crippen molar-refractivity contribution in [1.82, 2.24) is 19.2 Å². The number of aryl methyl sites for hydroxylation is 2. The highest BCUT2D eigenvalue weighted by molar-refractivity contribution is 5.97. The fourth-order valence-electron chi connectivity index (χ4n) is 3.41. The van der Waals surface area contributed by atoms with Crippen molar-refractivity contribution in [2.24, 2.45) is 0 Å². The molecule has 0 fully saturated rings. The molecule has 1 heterocycles. The van der Waals surface area contributed by atoms with Crippen LogP contribution in [0.5, 0.6) is 0 Å². The van der Waals surface area contributed by atoms with Crippen molar-refractivity contribution in [2.75, 3.05) is 7.05 Å². The van der Waals surface area contributed by atoms with E-state index in [-0.39, 0.29) is 12.3 Å². The minimum atomic E-state index is -0.559. The minimum absolute atomic E-state index is 0.130. The highest BCUT2D eigenvalue weighted by Crippen LogP contribution is 2.14. The van der Waals surface area contributed by atoms with Gasteiger partial charge in [-0.1, -0.05) is 35.9 Å². The van der Waals surface area contributed by atoms with Gasteiger partial charge in [0.15, 0.2) is 5.78 Å². The number of hydrogen-bond donors (Lipinski definition) is 0. The van der Waals surface area contributed by atoms with Gasteiger partial charge in [-0.05, 0) is 57.9 Å². The SMILES string of the molecule is Cc1ccc(C(=O)Cn2ncn(-c3ccc(CN(C)C(=O)OC(C)(C)C)cc3)c2=O)c(C)c1. The molecular formula is C25H30N4O4. The molecule has 0 atom stereocenters. The van der Waals surface area contributed by atoms with Crippen LogP contribution in [0.2, 0.25) is 0 Å². The second kappa shape index (κ2) is 9.44. The predicted octanol–water partition coefficient (Wildman–Crippen LogP) is 3.90. The van der Waals surface area contributed by atoms with Gasteiger partial charge in [-0.25, -0.2) is 18.8 Å². The summed E-state index contributed by atoms with van der Waals surface area (Å²) < 4.78 is 7.91. The normalized spacial score (nSPS) is 11.3. The van der Waals surface area contributed by atoms with Crippen molar-refractivity contribution < 1.29 is 14.3 Å². The minimum Gasteiger partial charge on any atom is -0.444 e. The molecule has 8 nitrogen and oxygen atoms in total. The van der Waals surface area contributed by atoms with Crippen molar-refractivity contribution in [3.63, 3.8) is 0 Å². The summed E-state index contributed by atoms with van der Waals surface area (Å²) >= 11 is 0. The van der Waals surface area contributed by atoms with Gasteiger partial charge in [0.05, 0.1) is 5.69 Å². The quantitative estimate of drug-likeness (QED) is 0.532. The van der Waals surface area contributed by atoms with Crippen LogP contribution in [-0.4, -0.2) is 43.8 Å². The fourth-order valence-corrected chi connectivity index (χ4v) is 3.41. The molecule has 0 bridgehead atoms. The van der Waals surface area contributed by atoms with Crippen LogP contribution in [0.3, 0.4) is 0 Å². The van der Waals surface area contributed by atoms with Crippen LogP contribution >= 0.6 is 0 Å². The number of carbonyl (C=O) groups excluding carboxylic acids is 2. The van der Waals surface area contributed by atoms with Gasteiger partial charge in [0.1, 0.15) is 18.5 Å². The molecule has 0 aliphatic rings. The lowest BCUT2D eigenvalue weighted by Gasteiger charge is -2.24. The Bertz CT molecular complexity index is 1220. The smallest absolute Gasteiger partial charge is 0.410 e. The fraction of sp³-hybridized carbons (Fsp3) is 0.360. The van der Waals surface area contributed by atoms with E-state index in [0.717, 1.165) is 21.4 Å². The molecule has 8 heteroatoms. The topological polar surface area (TPSA) is 86.4 Å². The first-order valence-electron chi connectivity index (χ1n) is 10.7. The maximum absolute atomic E-state index is 12.8. The molecule has 0 N–H and O–H groups in total. The number of amides is 1. The molecule has 0 radical (unpaired) electrons. The van der Waals surface area contributed by atoms with E-state index < -0.39 is 17.4 Å². The Hall–Kier alpha value is -3.68. The first-order chi connectivity index (χ1) is 15.4. The number of nitrogens with zero attached hydrogens (tertiary/aromatic N) is 4. The lowest BCUT2D eigenvalue weighted by Crippen LogP contribution is -2.33. The number of ketones is 1. The highest BCUT2D eigenvalue weighted by atomic mass is 16.6. The predicted molar refractivity (Wildman–Crippen MR) is 126 cm³/mol. The van der Waals surface area contributed by atoms with Crippen LogP contribution in [0.1, 0.15) is 47.8 Å². The second-order valence-electron chi connectivity index (χ2n) is 9.19. The lowest BCUT2D eigenvalue weighted by molar-refractivity contribution is 0.0285. The molecule has 0 aliphatic heterocycles. The van der Waals surface area contributed by atoms with Gasteiger partial charge >= 0.3 is 11.8 Å². The summed E-state index contributed by atoms with van der Waals surface area (Å²) in [5.41, 5.74) is 3.08. The Kier molecular flexibility index (Phi) is 6.86. The number of Topliss-reactive ketones (excluding diaryl/α,β-unsaturated/α-hetero) is 1. The average molecular weight is 451 g/mol. The van der Waals surface area contributed by atoms with Gasteiger partial charge in [0.2, 0.25) is 0 Å². The number of benzene rings is 2. The molecule has 2 aromatic carbocycles. The van der Waals surface area contributed by atoms with Crippen molar-refractivity contribution in [3.05, 3.63) is 81.5 Å². The zero-order valence-corrected chi connectivity index (χ0v) is 20.0. The molecule has 0 spiro atoms. The average Bonchev–Trinajstić information content (AvgIpc) is 3.07. The van der Waals surface area contributed by atoms with Gasteiger partial charge in [0, 0.05) is 19.2 Å². The van der Waals surface area contributed by atoms with Gasteiger partial charge in [-0.2, -0.15) is 5.10 Å². The standard InChI is InChI=1S/C25H30N4O4/c1-17-7-12-21(18(2)13-17)22(30)15-29-23(31)28(16-26-29)20-10-8-19(9-11-20)14-27(6)24(32)33-25(3,4)5/h7-13,16H,14-15H2,1-6H3. The van der Waals surface area contributed by atoms with Crippen LogP contribution in [0.15, 0.2) is 53.6 Å². The van der Waals surface area contributed by atoms with E-state index in [4.69, 9.17) is 4.74 Å². The van der Waals surface area contributed by atoms with Crippen LogP contribution in [-0.2, 0) is 17.8 Å². The van der Waals surface area contributed by atoms with Crippen molar-refractivity contribution in [1.29, 1.82) is 0 Å². The summed E-state index contributed by atoms with van der Waals surface area (Å²) in [7, 11) is 1.67. The zero-order valence-electron chi connectivity index (χ0n) is 20.0. The van der Waals surface area contributed by atoms with Crippen LogP contribution in [0.25, 0.3) is 5.69 Å². The largest absolute Gasteiger partial charge is 0.444 e. The van der Waals surface area contributed by atoms with Gasteiger partial charge in [0.25, 0.3) is 0 Å². The van der Waals surface area contributed by atoms with Crippen molar-refractivity contribution in [3.8, 4) is 5.69 Å². The Balaban J connectivity index is 1.70. The van der Waals surface area contributed by atoms with E-state index in [1.54, 1.807) is 25.2 Å².